The summed E-state index contributed by atoms with van der Waals surface area (Å²) in [6.45, 7) is 9.54. The van der Waals surface area contributed by atoms with Crippen LogP contribution in [0.2, 0.25) is 0 Å². The summed E-state index contributed by atoms with van der Waals surface area (Å²) in [4.78, 5) is 24.1. The van der Waals surface area contributed by atoms with Gasteiger partial charge in [-0.1, -0.05) is 17.7 Å². The largest absolute Gasteiger partial charge is 0.379 e. The number of amidine groups is 1. The minimum absolute atomic E-state index is 0.00760. The molecule has 1 aromatic carbocycles. The average molecular weight is 436 g/mol. The van der Waals surface area contributed by atoms with Crippen molar-refractivity contribution in [1.29, 1.82) is 0 Å². The van der Waals surface area contributed by atoms with Crippen LogP contribution in [0.5, 0.6) is 0 Å². The fourth-order valence-electron chi connectivity index (χ4n) is 7.91. The number of morpholine rings is 1. The van der Waals surface area contributed by atoms with E-state index in [1.807, 2.05) is 4.90 Å². The first-order valence-corrected chi connectivity index (χ1v) is 12.7. The number of carbonyl (C=O) groups excluding carboxylic acids is 1. The van der Waals surface area contributed by atoms with Gasteiger partial charge in [-0.05, 0) is 89.2 Å². The van der Waals surface area contributed by atoms with E-state index in [1.165, 1.54) is 44.1 Å². The van der Waals surface area contributed by atoms with E-state index < -0.39 is 5.41 Å². The molecule has 1 amide bonds. The molecule has 0 aromatic heterocycles. The SMILES string of the molecule is Cc1ccc(N2C(=O)C(C)(C)C(N3CCOCC3)C2=NC23CC4CC(CC(C4)C2)C3)cc1. The molecule has 7 rings (SSSR count). The van der Waals surface area contributed by atoms with Gasteiger partial charge in [0.2, 0.25) is 5.91 Å². The molecule has 4 bridgehead atoms. The molecule has 4 aliphatic carbocycles. The van der Waals surface area contributed by atoms with E-state index >= 15 is 0 Å². The van der Waals surface area contributed by atoms with Gasteiger partial charge in [-0.3, -0.25) is 19.6 Å². The maximum Gasteiger partial charge on any atom is 0.240 e. The highest BCUT2D eigenvalue weighted by atomic mass is 16.5. The quantitative estimate of drug-likeness (QED) is 0.705. The van der Waals surface area contributed by atoms with Crippen molar-refractivity contribution < 1.29 is 9.53 Å². The first-order chi connectivity index (χ1) is 15.3. The average Bonchev–Trinajstić information content (AvgIpc) is 2.93. The van der Waals surface area contributed by atoms with Gasteiger partial charge < -0.3 is 4.74 Å². The van der Waals surface area contributed by atoms with Crippen LogP contribution in [0.25, 0.3) is 0 Å². The predicted octanol–water partition coefficient (Wildman–Crippen LogP) is 4.44. The molecule has 1 unspecified atom stereocenters. The fraction of sp³-hybridized carbons (Fsp3) is 0.704. The van der Waals surface area contributed by atoms with Crippen LogP contribution in [-0.2, 0) is 9.53 Å². The van der Waals surface area contributed by atoms with Crippen LogP contribution in [0.1, 0.15) is 57.9 Å². The van der Waals surface area contributed by atoms with Crippen LogP contribution in [0.3, 0.4) is 0 Å². The number of hydrogen-bond donors (Lipinski definition) is 0. The van der Waals surface area contributed by atoms with Crippen molar-refractivity contribution in [1.82, 2.24) is 4.90 Å². The second-order valence-electron chi connectivity index (χ2n) is 11.9. The number of anilines is 1. The Morgan fingerprint density at radius 3 is 2.06 bits per heavy atom. The number of aliphatic imine (C=N–C) groups is 1. The van der Waals surface area contributed by atoms with Crippen molar-refractivity contribution in [2.75, 3.05) is 31.2 Å². The van der Waals surface area contributed by atoms with E-state index in [0.717, 1.165) is 55.6 Å². The van der Waals surface area contributed by atoms with E-state index in [1.54, 1.807) is 0 Å². The molecule has 1 atom stereocenters. The Hall–Kier alpha value is -1.72. The molecule has 172 valence electrons. The zero-order valence-electron chi connectivity index (χ0n) is 19.8. The summed E-state index contributed by atoms with van der Waals surface area (Å²) in [6, 6.07) is 8.42. The number of ether oxygens (including phenoxy) is 1. The van der Waals surface area contributed by atoms with Gasteiger partial charge in [0, 0.05) is 13.1 Å². The Bertz CT molecular complexity index is 893. The summed E-state index contributed by atoms with van der Waals surface area (Å²) >= 11 is 0. The van der Waals surface area contributed by atoms with Gasteiger partial charge in [0.15, 0.2) is 0 Å². The van der Waals surface area contributed by atoms with Crippen LogP contribution in [0, 0.1) is 30.1 Å². The number of rotatable bonds is 3. The molecule has 1 aromatic rings. The Balaban J connectivity index is 1.47. The molecule has 6 aliphatic rings. The molecular formula is C27H37N3O2. The van der Waals surface area contributed by atoms with Crippen LogP contribution in [-0.4, -0.2) is 54.5 Å². The summed E-state index contributed by atoms with van der Waals surface area (Å²) in [5, 5.41) is 0. The van der Waals surface area contributed by atoms with Crippen molar-refractivity contribution in [2.24, 2.45) is 28.2 Å². The number of carbonyl (C=O) groups is 1. The molecule has 5 nitrogen and oxygen atoms in total. The number of benzene rings is 1. The Morgan fingerprint density at radius 1 is 0.938 bits per heavy atom. The third kappa shape index (κ3) is 3.27. The number of nitrogens with zero attached hydrogens (tertiary/aromatic N) is 3. The van der Waals surface area contributed by atoms with Crippen molar-refractivity contribution in [3.05, 3.63) is 29.8 Å². The van der Waals surface area contributed by atoms with Gasteiger partial charge in [0.05, 0.1) is 35.9 Å². The van der Waals surface area contributed by atoms with E-state index in [0.29, 0.717) is 0 Å². The van der Waals surface area contributed by atoms with E-state index in [-0.39, 0.29) is 17.5 Å². The van der Waals surface area contributed by atoms with Gasteiger partial charge in [0.1, 0.15) is 5.84 Å². The second-order valence-corrected chi connectivity index (χ2v) is 11.9. The summed E-state index contributed by atoms with van der Waals surface area (Å²) in [5.74, 6) is 3.70. The Labute approximate surface area is 192 Å². The minimum atomic E-state index is -0.511. The lowest BCUT2D eigenvalue weighted by Gasteiger charge is -2.55. The van der Waals surface area contributed by atoms with Gasteiger partial charge in [-0.2, -0.15) is 0 Å². The number of amides is 1. The molecular weight excluding hydrogens is 398 g/mol. The zero-order valence-corrected chi connectivity index (χ0v) is 19.8. The second kappa shape index (κ2) is 7.39. The summed E-state index contributed by atoms with van der Waals surface area (Å²) in [6.07, 6.45) is 7.87. The maximum absolute atomic E-state index is 13.9. The van der Waals surface area contributed by atoms with Crippen molar-refractivity contribution in [3.63, 3.8) is 0 Å². The van der Waals surface area contributed by atoms with Gasteiger partial charge in [0.25, 0.3) is 0 Å². The minimum Gasteiger partial charge on any atom is -0.379 e. The van der Waals surface area contributed by atoms with E-state index in [2.05, 4.69) is 49.9 Å². The monoisotopic (exact) mass is 435 g/mol. The van der Waals surface area contributed by atoms with Gasteiger partial charge in [-0.25, -0.2) is 0 Å². The maximum atomic E-state index is 13.9. The normalized spacial score (nSPS) is 39.9. The lowest BCUT2D eigenvalue weighted by molar-refractivity contribution is -0.126. The van der Waals surface area contributed by atoms with Crippen molar-refractivity contribution in [3.8, 4) is 0 Å². The molecule has 2 heterocycles. The summed E-state index contributed by atoms with van der Waals surface area (Å²) < 4.78 is 5.67. The van der Waals surface area contributed by atoms with E-state index in [4.69, 9.17) is 9.73 Å². The number of aryl methyl sites for hydroxylation is 1. The molecule has 2 aliphatic heterocycles. The zero-order chi connectivity index (χ0) is 22.1. The van der Waals surface area contributed by atoms with Crippen LogP contribution in [0.4, 0.5) is 5.69 Å². The predicted molar refractivity (Wildman–Crippen MR) is 127 cm³/mol. The molecule has 5 heteroatoms. The highest BCUT2D eigenvalue weighted by molar-refractivity contribution is 6.27. The highest BCUT2D eigenvalue weighted by Gasteiger charge is 2.57. The van der Waals surface area contributed by atoms with Gasteiger partial charge in [-0.15, -0.1) is 0 Å². The molecule has 2 saturated heterocycles. The molecule has 0 spiro atoms. The Kier molecular flexibility index (Phi) is 4.82. The van der Waals surface area contributed by atoms with Crippen molar-refractivity contribution in [2.45, 2.75) is 70.9 Å². The fourth-order valence-corrected chi connectivity index (χ4v) is 7.91. The van der Waals surface area contributed by atoms with Crippen molar-refractivity contribution >= 4 is 17.4 Å². The Morgan fingerprint density at radius 2 is 1.50 bits per heavy atom. The lowest BCUT2D eigenvalue weighted by atomic mass is 9.53. The molecule has 0 N–H and O–H groups in total. The van der Waals surface area contributed by atoms with E-state index in [9.17, 15) is 4.79 Å². The number of hydrogen-bond acceptors (Lipinski definition) is 4. The summed E-state index contributed by atoms with van der Waals surface area (Å²) in [5.41, 5.74) is 1.71. The third-order valence-corrected chi connectivity index (χ3v) is 8.97. The molecule has 0 radical (unpaired) electrons. The first kappa shape index (κ1) is 20.9. The molecule has 32 heavy (non-hydrogen) atoms. The standard InChI is InChI=1S/C27H37N3O2/c1-18-4-6-22(7-5-18)30-24(23(26(2,3)25(30)31)29-8-10-32-11-9-29)28-27-15-19-12-20(16-27)14-21(13-19)17-27/h4-7,19-21,23H,8-17H2,1-3H3. The third-order valence-electron chi connectivity index (χ3n) is 8.97. The topological polar surface area (TPSA) is 45.1 Å². The summed E-state index contributed by atoms with van der Waals surface area (Å²) in [7, 11) is 0. The van der Waals surface area contributed by atoms with Crippen LogP contribution in [0.15, 0.2) is 29.3 Å². The molecule has 6 fully saturated rings. The molecule has 4 saturated carbocycles. The smallest absolute Gasteiger partial charge is 0.240 e. The van der Waals surface area contributed by atoms with Crippen LogP contribution >= 0.6 is 0 Å². The first-order valence-electron chi connectivity index (χ1n) is 12.7. The van der Waals surface area contributed by atoms with Crippen LogP contribution < -0.4 is 4.90 Å². The highest BCUT2D eigenvalue weighted by Crippen LogP contribution is 2.58. The lowest BCUT2D eigenvalue weighted by Crippen LogP contribution is -2.54. The van der Waals surface area contributed by atoms with Gasteiger partial charge >= 0.3 is 0 Å².